The van der Waals surface area contributed by atoms with Crippen molar-refractivity contribution in [3.05, 3.63) is 63.1 Å². The summed E-state index contributed by atoms with van der Waals surface area (Å²) in [5.41, 5.74) is -1.17. The monoisotopic (exact) mass is 464 g/mol. The molecule has 3 rings (SSSR count). The van der Waals surface area contributed by atoms with Crippen LogP contribution < -0.4 is 9.47 Å². The summed E-state index contributed by atoms with van der Waals surface area (Å²) in [7, 11) is 0. The number of carboxylic acids is 1. The van der Waals surface area contributed by atoms with Gasteiger partial charge < -0.3 is 14.6 Å². The maximum absolute atomic E-state index is 13.0. The van der Waals surface area contributed by atoms with Crippen LogP contribution in [0, 0.1) is 0 Å². The van der Waals surface area contributed by atoms with E-state index in [1.165, 1.54) is 0 Å². The minimum absolute atomic E-state index is 0.219. The molecule has 29 heavy (non-hydrogen) atoms. The zero-order valence-corrected chi connectivity index (χ0v) is 16.5. The van der Waals surface area contributed by atoms with Crippen LogP contribution in [0.15, 0.2) is 42.5 Å². The fourth-order valence-corrected chi connectivity index (χ4v) is 3.28. The lowest BCUT2D eigenvalue weighted by molar-refractivity contribution is -0.139. The molecule has 0 aromatic heterocycles. The number of aliphatic carboxylic acids is 1. The molecule has 1 N–H and O–H groups in total. The van der Waals surface area contributed by atoms with Crippen LogP contribution in [0.3, 0.4) is 0 Å². The Morgan fingerprint density at radius 2 is 1.55 bits per heavy atom. The van der Waals surface area contributed by atoms with Crippen LogP contribution >= 0.6 is 34.8 Å². The molecular formula is C19H10Cl3F3O4. The maximum Gasteiger partial charge on any atom is 0.417 e. The van der Waals surface area contributed by atoms with Crippen molar-refractivity contribution in [2.45, 2.75) is 6.18 Å². The molecule has 0 bridgehead atoms. The third-order valence-electron chi connectivity index (χ3n) is 3.79. The molecule has 0 heterocycles. The molecule has 10 heteroatoms. The molecule has 0 atom stereocenters. The third-order valence-corrected chi connectivity index (χ3v) is 4.92. The predicted octanol–water partition coefficient (Wildman–Crippen LogP) is 7.07. The molecule has 0 spiro atoms. The van der Waals surface area contributed by atoms with E-state index in [-0.39, 0.29) is 16.5 Å². The summed E-state index contributed by atoms with van der Waals surface area (Å²) in [6.45, 7) is -0.503. The second kappa shape index (κ2) is 8.18. The zero-order chi connectivity index (χ0) is 21.3. The van der Waals surface area contributed by atoms with E-state index in [9.17, 15) is 18.0 Å². The van der Waals surface area contributed by atoms with Gasteiger partial charge in [0, 0.05) is 0 Å². The number of alkyl halides is 3. The van der Waals surface area contributed by atoms with Gasteiger partial charge >= 0.3 is 12.1 Å². The van der Waals surface area contributed by atoms with Crippen LogP contribution in [0.4, 0.5) is 13.2 Å². The number of benzene rings is 3. The number of carboxylic acid groups (broad SMARTS) is 1. The Labute approximate surface area is 177 Å². The first-order valence-electron chi connectivity index (χ1n) is 7.87. The van der Waals surface area contributed by atoms with Crippen LogP contribution in [0.25, 0.3) is 10.8 Å². The first-order valence-corrected chi connectivity index (χ1v) is 9.00. The average Bonchev–Trinajstić information content (AvgIpc) is 2.65. The van der Waals surface area contributed by atoms with Gasteiger partial charge in [0.15, 0.2) is 12.4 Å². The fourth-order valence-electron chi connectivity index (χ4n) is 2.50. The maximum atomic E-state index is 13.0. The van der Waals surface area contributed by atoms with Crippen LogP contribution in [0.5, 0.6) is 17.2 Å². The van der Waals surface area contributed by atoms with Crippen LogP contribution in [-0.4, -0.2) is 17.7 Å². The van der Waals surface area contributed by atoms with E-state index in [0.717, 1.165) is 5.39 Å². The molecule has 0 saturated heterocycles. The molecule has 3 aromatic rings. The Morgan fingerprint density at radius 1 is 0.931 bits per heavy atom. The van der Waals surface area contributed by atoms with Gasteiger partial charge in [-0.1, -0.05) is 46.9 Å². The van der Waals surface area contributed by atoms with Gasteiger partial charge in [-0.3, -0.25) is 0 Å². The Hall–Kier alpha value is -2.35. The highest BCUT2D eigenvalue weighted by Crippen LogP contribution is 2.47. The van der Waals surface area contributed by atoms with Crippen LogP contribution in [-0.2, 0) is 11.0 Å². The summed E-state index contributed by atoms with van der Waals surface area (Å²) < 4.78 is 49.7. The minimum Gasteiger partial charge on any atom is -0.482 e. The van der Waals surface area contributed by atoms with Crippen molar-refractivity contribution >= 4 is 51.5 Å². The summed E-state index contributed by atoms with van der Waals surface area (Å²) in [6.07, 6.45) is -4.72. The number of carbonyl (C=O) groups is 1. The van der Waals surface area contributed by atoms with E-state index in [2.05, 4.69) is 0 Å². The number of ether oxygens (including phenoxy) is 2. The van der Waals surface area contributed by atoms with E-state index in [4.69, 9.17) is 49.4 Å². The lowest BCUT2D eigenvalue weighted by atomic mass is 10.1. The molecule has 0 aliphatic rings. The Bertz CT molecular complexity index is 1100. The number of halogens is 6. The highest BCUT2D eigenvalue weighted by Gasteiger charge is 2.36. The van der Waals surface area contributed by atoms with E-state index in [1.54, 1.807) is 36.4 Å². The molecule has 0 aliphatic carbocycles. The molecule has 3 aromatic carbocycles. The van der Waals surface area contributed by atoms with Gasteiger partial charge in [-0.15, -0.1) is 0 Å². The van der Waals surface area contributed by atoms with Gasteiger partial charge in [0.2, 0.25) is 0 Å². The van der Waals surface area contributed by atoms with E-state index in [1.807, 2.05) is 0 Å². The van der Waals surface area contributed by atoms with Gasteiger partial charge in [0.25, 0.3) is 0 Å². The third kappa shape index (κ3) is 4.80. The standard InChI is InChI=1S/C19H10Cl3F3O4/c20-14-7-13(19(23,24)25)16(21)17(22)18(14)29-12-4-2-9-1-3-11(5-10(9)6-12)28-8-15(26)27/h1-7H,8H2,(H,26,27). The van der Waals surface area contributed by atoms with Gasteiger partial charge in [0.1, 0.15) is 16.5 Å². The van der Waals surface area contributed by atoms with Gasteiger partial charge in [-0.05, 0) is 41.1 Å². The van der Waals surface area contributed by atoms with Crippen molar-refractivity contribution in [1.82, 2.24) is 0 Å². The highest BCUT2D eigenvalue weighted by molar-refractivity contribution is 6.45. The number of hydrogen-bond acceptors (Lipinski definition) is 3. The molecule has 0 amide bonds. The molecule has 0 fully saturated rings. The summed E-state index contributed by atoms with van der Waals surface area (Å²) >= 11 is 17.6. The Morgan fingerprint density at radius 3 is 2.17 bits per heavy atom. The predicted molar refractivity (Wildman–Crippen MR) is 104 cm³/mol. The van der Waals surface area contributed by atoms with Crippen molar-refractivity contribution in [2.75, 3.05) is 6.61 Å². The van der Waals surface area contributed by atoms with E-state index in [0.29, 0.717) is 17.2 Å². The van der Waals surface area contributed by atoms with Crippen molar-refractivity contribution in [2.24, 2.45) is 0 Å². The second-order valence-corrected chi connectivity index (χ2v) is 6.98. The van der Waals surface area contributed by atoms with Gasteiger partial charge in [-0.25, -0.2) is 4.79 Å². The first kappa shape index (κ1) is 21.4. The molecule has 152 valence electrons. The zero-order valence-electron chi connectivity index (χ0n) is 14.2. The van der Waals surface area contributed by atoms with Crippen molar-refractivity contribution in [3.8, 4) is 17.2 Å². The molecule has 0 unspecified atom stereocenters. The normalized spacial score (nSPS) is 11.5. The molecule has 0 aliphatic heterocycles. The molecular weight excluding hydrogens is 456 g/mol. The SMILES string of the molecule is O=C(O)COc1ccc2ccc(Oc3c(Cl)cc(C(F)(F)F)c(Cl)c3Cl)cc2c1. The molecule has 0 saturated carbocycles. The quantitative estimate of drug-likeness (QED) is 0.409. The van der Waals surface area contributed by atoms with Crippen molar-refractivity contribution in [3.63, 3.8) is 0 Å². The highest BCUT2D eigenvalue weighted by atomic mass is 35.5. The fraction of sp³-hybridized carbons (Fsp3) is 0.105. The molecule has 0 radical (unpaired) electrons. The van der Waals surface area contributed by atoms with E-state index >= 15 is 0 Å². The Balaban J connectivity index is 1.95. The lowest BCUT2D eigenvalue weighted by Crippen LogP contribution is -2.09. The average molecular weight is 466 g/mol. The molecule has 4 nitrogen and oxygen atoms in total. The number of fused-ring (bicyclic) bond motifs is 1. The second-order valence-electron chi connectivity index (χ2n) is 5.82. The van der Waals surface area contributed by atoms with Gasteiger partial charge in [0.05, 0.1) is 15.6 Å². The smallest absolute Gasteiger partial charge is 0.417 e. The van der Waals surface area contributed by atoms with Crippen molar-refractivity contribution < 1.29 is 32.5 Å². The Kier molecular flexibility index (Phi) is 6.03. The number of hydrogen-bond donors (Lipinski definition) is 1. The summed E-state index contributed by atoms with van der Waals surface area (Å²) in [5, 5.41) is 8.58. The van der Waals surface area contributed by atoms with E-state index < -0.39 is 34.4 Å². The topological polar surface area (TPSA) is 55.8 Å². The lowest BCUT2D eigenvalue weighted by Gasteiger charge is -2.15. The summed E-state index contributed by atoms with van der Waals surface area (Å²) in [5.74, 6) is -0.784. The van der Waals surface area contributed by atoms with Crippen LogP contribution in [0.1, 0.15) is 5.56 Å². The van der Waals surface area contributed by atoms with Gasteiger partial charge in [-0.2, -0.15) is 13.2 Å². The van der Waals surface area contributed by atoms with Crippen LogP contribution in [0.2, 0.25) is 15.1 Å². The first-order chi connectivity index (χ1) is 13.6. The van der Waals surface area contributed by atoms with Crippen molar-refractivity contribution in [1.29, 1.82) is 0 Å². The largest absolute Gasteiger partial charge is 0.482 e. The summed E-state index contributed by atoms with van der Waals surface area (Å²) in [6, 6.07) is 10.4. The minimum atomic E-state index is -4.72. The number of rotatable bonds is 5. The summed E-state index contributed by atoms with van der Waals surface area (Å²) in [4.78, 5) is 10.6.